The first-order valence-corrected chi connectivity index (χ1v) is 6.83. The van der Waals surface area contributed by atoms with Crippen LogP contribution in [0.5, 0.6) is 0 Å². The highest BCUT2D eigenvalue weighted by Crippen LogP contribution is 2.34. The van der Waals surface area contributed by atoms with Gasteiger partial charge in [0.25, 0.3) is 5.56 Å². The SMILES string of the molecule is N.Nc1nc2c(c(=O)[nH]1)NCN2OCOCP(=O)(O)O. The van der Waals surface area contributed by atoms with Gasteiger partial charge in [0.15, 0.2) is 19.0 Å². The molecule has 2 rings (SSSR count). The Balaban J connectivity index is 0.00000200. The first-order chi connectivity index (χ1) is 8.87. The maximum atomic E-state index is 11.5. The minimum atomic E-state index is -4.24. The van der Waals surface area contributed by atoms with Crippen molar-refractivity contribution in [3.05, 3.63) is 10.4 Å². The summed E-state index contributed by atoms with van der Waals surface area (Å²) in [5.74, 6) is 0.109. The molecule has 13 heteroatoms. The summed E-state index contributed by atoms with van der Waals surface area (Å²) in [6.07, 6.45) is -0.758. The molecule has 0 atom stereocenters. The topological polar surface area (TPSA) is 198 Å². The van der Waals surface area contributed by atoms with Crippen LogP contribution in [0, 0.1) is 0 Å². The van der Waals surface area contributed by atoms with Gasteiger partial charge in [0.1, 0.15) is 12.4 Å². The maximum absolute atomic E-state index is 11.5. The van der Waals surface area contributed by atoms with Crippen LogP contribution < -0.4 is 27.8 Å². The average Bonchev–Trinajstić information content (AvgIpc) is 2.66. The number of rotatable bonds is 5. The maximum Gasteiger partial charge on any atom is 0.351 e. The number of nitrogen functional groups attached to an aromatic ring is 1. The van der Waals surface area contributed by atoms with E-state index in [9.17, 15) is 9.36 Å². The lowest BCUT2D eigenvalue weighted by atomic mass is 10.5. The van der Waals surface area contributed by atoms with E-state index in [0.717, 1.165) is 0 Å². The van der Waals surface area contributed by atoms with Gasteiger partial charge in [-0.1, -0.05) is 0 Å². The smallest absolute Gasteiger partial charge is 0.351 e. The molecular formula is C7H15N6O6P. The standard InChI is InChI=1S/C7H12N5O6P.H3N/c8-7-10-5-4(6(13)11-7)9-1-12(5)18-2-17-3-19(14,15)16;/h9H,1-3H2,(H2,14,15,16)(H3,8,10,11,13);1H3. The summed E-state index contributed by atoms with van der Waals surface area (Å²) in [6.45, 7) is -0.269. The van der Waals surface area contributed by atoms with Crippen LogP contribution in [-0.2, 0) is 14.1 Å². The molecule has 1 aliphatic rings. The van der Waals surface area contributed by atoms with E-state index in [1.807, 2.05) is 0 Å². The second-order valence-corrected chi connectivity index (χ2v) is 5.20. The molecule has 0 aliphatic carbocycles. The van der Waals surface area contributed by atoms with Gasteiger partial charge in [-0.2, -0.15) is 4.98 Å². The summed E-state index contributed by atoms with van der Waals surface area (Å²) < 4.78 is 15.2. The molecule has 20 heavy (non-hydrogen) atoms. The van der Waals surface area contributed by atoms with Crippen LogP contribution >= 0.6 is 7.60 Å². The molecule has 0 fully saturated rings. The zero-order valence-electron chi connectivity index (χ0n) is 10.3. The monoisotopic (exact) mass is 310 g/mol. The Morgan fingerprint density at radius 3 is 2.85 bits per heavy atom. The molecule has 0 saturated carbocycles. The third kappa shape index (κ3) is 3.90. The Morgan fingerprint density at radius 2 is 2.20 bits per heavy atom. The van der Waals surface area contributed by atoms with E-state index >= 15 is 0 Å². The fourth-order valence-corrected chi connectivity index (χ4v) is 1.72. The Hall–Kier alpha value is -1.69. The third-order valence-electron chi connectivity index (χ3n) is 2.11. The van der Waals surface area contributed by atoms with Crippen molar-refractivity contribution in [1.82, 2.24) is 16.1 Å². The molecule has 0 radical (unpaired) electrons. The number of hydrogen-bond acceptors (Lipinski definition) is 9. The number of H-pyrrole nitrogens is 1. The number of aromatic nitrogens is 2. The molecule has 114 valence electrons. The second-order valence-electron chi connectivity index (χ2n) is 3.61. The molecule has 2 heterocycles. The fraction of sp³-hybridized carbons (Fsp3) is 0.429. The highest BCUT2D eigenvalue weighted by Gasteiger charge is 2.25. The van der Waals surface area contributed by atoms with Crippen molar-refractivity contribution in [3.8, 4) is 0 Å². The molecule has 9 N–H and O–H groups in total. The molecule has 0 unspecified atom stereocenters. The minimum Gasteiger partial charge on any atom is -0.369 e. The third-order valence-corrected chi connectivity index (χ3v) is 2.62. The van der Waals surface area contributed by atoms with Crippen molar-refractivity contribution in [1.29, 1.82) is 0 Å². The quantitative estimate of drug-likeness (QED) is 0.215. The van der Waals surface area contributed by atoms with Gasteiger partial charge in [-0.25, -0.2) is 9.90 Å². The summed E-state index contributed by atoms with van der Waals surface area (Å²) in [5, 5.41) is 3.93. The number of nitrogens with zero attached hydrogens (tertiary/aromatic N) is 2. The number of anilines is 3. The lowest BCUT2D eigenvalue weighted by molar-refractivity contribution is -0.0513. The van der Waals surface area contributed by atoms with E-state index in [0.29, 0.717) is 0 Å². The van der Waals surface area contributed by atoms with Crippen LogP contribution in [0.4, 0.5) is 17.5 Å². The first-order valence-electron chi connectivity index (χ1n) is 5.03. The van der Waals surface area contributed by atoms with Crippen LogP contribution in [-0.4, -0.2) is 39.6 Å². The Morgan fingerprint density at radius 1 is 1.50 bits per heavy atom. The Kier molecular flexibility index (Phi) is 5.05. The van der Waals surface area contributed by atoms with Gasteiger partial charge in [0.05, 0.1) is 0 Å². The molecule has 0 amide bonds. The van der Waals surface area contributed by atoms with Crippen LogP contribution in [0.1, 0.15) is 0 Å². The lowest BCUT2D eigenvalue weighted by Gasteiger charge is -2.16. The lowest BCUT2D eigenvalue weighted by Crippen LogP contribution is -2.25. The Labute approximate surface area is 112 Å². The number of fused-ring (bicyclic) bond motifs is 1. The van der Waals surface area contributed by atoms with E-state index in [2.05, 4.69) is 20.0 Å². The molecule has 1 aliphatic heterocycles. The van der Waals surface area contributed by atoms with Crippen molar-refractivity contribution in [3.63, 3.8) is 0 Å². The van der Waals surface area contributed by atoms with E-state index in [4.69, 9.17) is 20.4 Å². The van der Waals surface area contributed by atoms with E-state index in [-0.39, 0.29) is 30.3 Å². The zero-order chi connectivity index (χ0) is 14.0. The van der Waals surface area contributed by atoms with Gasteiger partial charge < -0.3 is 31.7 Å². The van der Waals surface area contributed by atoms with Gasteiger partial charge in [-0.05, 0) is 0 Å². The van der Waals surface area contributed by atoms with Crippen molar-refractivity contribution in [2.45, 2.75) is 0 Å². The van der Waals surface area contributed by atoms with Crippen LogP contribution in [0.2, 0.25) is 0 Å². The van der Waals surface area contributed by atoms with E-state index < -0.39 is 26.3 Å². The summed E-state index contributed by atoms with van der Waals surface area (Å²) >= 11 is 0. The fourth-order valence-electron chi connectivity index (χ4n) is 1.41. The molecule has 12 nitrogen and oxygen atoms in total. The van der Waals surface area contributed by atoms with Gasteiger partial charge >= 0.3 is 7.60 Å². The summed E-state index contributed by atoms with van der Waals surface area (Å²) in [6, 6.07) is 0. The van der Waals surface area contributed by atoms with Gasteiger partial charge in [0, 0.05) is 0 Å². The van der Waals surface area contributed by atoms with Crippen LogP contribution in [0.15, 0.2) is 4.79 Å². The van der Waals surface area contributed by atoms with Crippen LogP contribution in [0.25, 0.3) is 0 Å². The van der Waals surface area contributed by atoms with Crippen molar-refractivity contribution in [2.24, 2.45) is 0 Å². The number of nitrogens with one attached hydrogen (secondary N) is 2. The number of hydroxylamine groups is 1. The predicted molar refractivity (Wildman–Crippen MR) is 69.2 cm³/mol. The summed E-state index contributed by atoms with van der Waals surface area (Å²) in [5.41, 5.74) is 5.15. The molecule has 1 aromatic rings. The number of ether oxygens (including phenoxy) is 1. The zero-order valence-corrected chi connectivity index (χ0v) is 11.2. The van der Waals surface area contributed by atoms with Crippen molar-refractivity contribution >= 4 is 25.0 Å². The van der Waals surface area contributed by atoms with Gasteiger partial charge in [-0.15, -0.1) is 0 Å². The second kappa shape index (κ2) is 6.17. The number of hydrogen-bond donors (Lipinski definition) is 6. The normalized spacial score (nSPS) is 13.6. The Bertz CT molecular complexity index is 571. The van der Waals surface area contributed by atoms with Crippen molar-refractivity contribution < 1.29 is 23.9 Å². The highest BCUT2D eigenvalue weighted by atomic mass is 31.2. The first kappa shape index (κ1) is 16.4. The minimum absolute atomic E-state index is 0. The molecule has 1 aromatic heterocycles. The molecule has 0 bridgehead atoms. The summed E-state index contributed by atoms with van der Waals surface area (Å²) in [7, 11) is -4.24. The van der Waals surface area contributed by atoms with Crippen molar-refractivity contribution in [2.75, 3.05) is 35.9 Å². The molecular weight excluding hydrogens is 295 g/mol. The highest BCUT2D eigenvalue weighted by molar-refractivity contribution is 7.51. The van der Waals surface area contributed by atoms with Gasteiger partial charge in [-0.3, -0.25) is 14.3 Å². The number of nitrogens with two attached hydrogens (primary N) is 1. The number of aromatic amines is 1. The summed E-state index contributed by atoms with van der Waals surface area (Å²) in [4.78, 5) is 39.9. The van der Waals surface area contributed by atoms with Gasteiger partial charge in [0.2, 0.25) is 5.95 Å². The van der Waals surface area contributed by atoms with Crippen LogP contribution in [0.3, 0.4) is 0 Å². The molecule has 0 spiro atoms. The molecule has 0 aromatic carbocycles. The largest absolute Gasteiger partial charge is 0.369 e. The van der Waals surface area contributed by atoms with E-state index in [1.54, 1.807) is 0 Å². The average molecular weight is 310 g/mol. The molecule has 0 saturated heterocycles. The predicted octanol–water partition coefficient (Wildman–Crippen LogP) is -1.26. The van der Waals surface area contributed by atoms with E-state index in [1.165, 1.54) is 5.06 Å².